The third kappa shape index (κ3) is 3.93. The molecule has 1 fully saturated rings. The Morgan fingerprint density at radius 1 is 1.11 bits per heavy atom. The third-order valence-electron chi connectivity index (χ3n) is 6.16. The molecule has 1 aliphatic rings. The number of aliphatic hydroxyl groups is 1. The molecule has 150 valence electrons. The van der Waals surface area contributed by atoms with E-state index in [0.29, 0.717) is 18.4 Å². The Kier molecular flexibility index (Phi) is 5.42. The summed E-state index contributed by atoms with van der Waals surface area (Å²) < 4.78 is 16.5. The summed E-state index contributed by atoms with van der Waals surface area (Å²) in [6.45, 7) is 6.27. The lowest BCUT2D eigenvalue weighted by molar-refractivity contribution is -0.0751. The van der Waals surface area contributed by atoms with Gasteiger partial charge in [-0.25, -0.2) is 0 Å². The molecule has 2 atom stereocenters. The minimum atomic E-state index is 0.0835. The maximum atomic E-state index is 9.05. The van der Waals surface area contributed by atoms with E-state index in [4.69, 9.17) is 18.5 Å². The van der Waals surface area contributed by atoms with Gasteiger partial charge in [0.05, 0.1) is 37.9 Å². The van der Waals surface area contributed by atoms with Crippen molar-refractivity contribution < 1.29 is 18.5 Å². The molecule has 0 bridgehead atoms. The minimum absolute atomic E-state index is 0.0835. The molecule has 4 rings (SSSR count). The molecule has 0 aliphatic heterocycles. The average Bonchev–Trinajstić information content (AvgIpc) is 3.42. The second-order valence-electron chi connectivity index (χ2n) is 8.30. The van der Waals surface area contributed by atoms with Crippen molar-refractivity contribution in [2.45, 2.75) is 52.2 Å². The fourth-order valence-corrected chi connectivity index (χ4v) is 4.37. The zero-order valence-electron chi connectivity index (χ0n) is 16.5. The van der Waals surface area contributed by atoms with Crippen LogP contribution in [0, 0.1) is 11.3 Å². The Morgan fingerprint density at radius 3 is 2.32 bits per heavy atom. The monoisotopic (exact) mass is 384 g/mol. The van der Waals surface area contributed by atoms with Gasteiger partial charge in [-0.1, -0.05) is 19.0 Å². The fourth-order valence-electron chi connectivity index (χ4n) is 4.37. The molecule has 28 heavy (non-hydrogen) atoms. The summed E-state index contributed by atoms with van der Waals surface area (Å²) in [4.78, 5) is 2.45. The maximum Gasteiger partial charge on any atom is 0.139 e. The predicted molar refractivity (Wildman–Crippen MR) is 103 cm³/mol. The Morgan fingerprint density at radius 2 is 1.79 bits per heavy atom. The number of furan rings is 2. The van der Waals surface area contributed by atoms with Crippen molar-refractivity contribution in [1.82, 2.24) is 10.1 Å². The lowest BCUT2D eigenvalue weighted by Gasteiger charge is -2.56. The summed E-state index contributed by atoms with van der Waals surface area (Å²) in [6.07, 6.45) is 5.96. The van der Waals surface area contributed by atoms with Gasteiger partial charge >= 0.3 is 0 Å². The van der Waals surface area contributed by atoms with Crippen LogP contribution in [0.5, 0.6) is 0 Å². The number of hydrogen-bond acceptors (Lipinski definition) is 6. The summed E-state index contributed by atoms with van der Waals surface area (Å²) in [5.41, 5.74) is 1.11. The SMILES string of the molecule is CC1(C)C(Cc2cc(CCO)on2)CC1N(Cc1ccco1)Cc1ccco1. The molecule has 0 aromatic carbocycles. The van der Waals surface area contributed by atoms with E-state index in [1.54, 1.807) is 12.5 Å². The van der Waals surface area contributed by atoms with Crippen LogP contribution in [-0.4, -0.2) is 27.8 Å². The summed E-state index contributed by atoms with van der Waals surface area (Å²) in [5.74, 6) is 3.22. The van der Waals surface area contributed by atoms with E-state index in [-0.39, 0.29) is 12.0 Å². The molecule has 2 unspecified atom stereocenters. The van der Waals surface area contributed by atoms with Crippen LogP contribution in [0.4, 0.5) is 0 Å². The highest BCUT2D eigenvalue weighted by Crippen LogP contribution is 2.51. The molecule has 1 N–H and O–H groups in total. The minimum Gasteiger partial charge on any atom is -0.468 e. The zero-order valence-corrected chi connectivity index (χ0v) is 16.5. The lowest BCUT2D eigenvalue weighted by Crippen LogP contribution is -2.58. The largest absolute Gasteiger partial charge is 0.468 e. The lowest BCUT2D eigenvalue weighted by atomic mass is 9.56. The van der Waals surface area contributed by atoms with Crippen LogP contribution in [-0.2, 0) is 25.9 Å². The van der Waals surface area contributed by atoms with Gasteiger partial charge in [0.15, 0.2) is 0 Å². The molecule has 3 aromatic heterocycles. The van der Waals surface area contributed by atoms with Crippen molar-refractivity contribution >= 4 is 0 Å². The molecule has 0 saturated heterocycles. The molecular weight excluding hydrogens is 356 g/mol. The predicted octanol–water partition coefficient (Wildman–Crippen LogP) is 4.06. The van der Waals surface area contributed by atoms with Crippen LogP contribution in [0.2, 0.25) is 0 Å². The van der Waals surface area contributed by atoms with Gasteiger partial charge in [-0.2, -0.15) is 0 Å². The second kappa shape index (κ2) is 7.97. The van der Waals surface area contributed by atoms with E-state index in [1.807, 2.05) is 30.3 Å². The van der Waals surface area contributed by atoms with Gasteiger partial charge in [-0.3, -0.25) is 4.90 Å². The van der Waals surface area contributed by atoms with Gasteiger partial charge in [0.2, 0.25) is 0 Å². The first-order valence-corrected chi connectivity index (χ1v) is 9.90. The van der Waals surface area contributed by atoms with Crippen LogP contribution in [0.1, 0.15) is 43.2 Å². The molecule has 0 amide bonds. The van der Waals surface area contributed by atoms with Crippen LogP contribution in [0.25, 0.3) is 0 Å². The molecule has 3 aromatic rings. The van der Waals surface area contributed by atoms with E-state index in [0.717, 1.165) is 48.9 Å². The van der Waals surface area contributed by atoms with Gasteiger partial charge in [-0.05, 0) is 48.4 Å². The van der Waals surface area contributed by atoms with Crippen molar-refractivity contribution in [1.29, 1.82) is 0 Å². The summed E-state index contributed by atoms with van der Waals surface area (Å²) in [5, 5.41) is 13.2. The van der Waals surface area contributed by atoms with E-state index < -0.39 is 0 Å². The number of nitrogens with zero attached hydrogens (tertiary/aromatic N) is 2. The molecule has 1 saturated carbocycles. The normalized spacial score (nSPS) is 21.1. The Labute approximate surface area is 165 Å². The van der Waals surface area contributed by atoms with E-state index in [2.05, 4.69) is 23.9 Å². The average molecular weight is 384 g/mol. The number of aliphatic hydroxyl groups excluding tert-OH is 1. The van der Waals surface area contributed by atoms with Crippen molar-refractivity contribution in [3.05, 3.63) is 65.8 Å². The van der Waals surface area contributed by atoms with Gasteiger partial charge in [-0.15, -0.1) is 0 Å². The van der Waals surface area contributed by atoms with Crippen LogP contribution in [0.3, 0.4) is 0 Å². The van der Waals surface area contributed by atoms with E-state index in [9.17, 15) is 0 Å². The van der Waals surface area contributed by atoms with E-state index >= 15 is 0 Å². The first-order valence-electron chi connectivity index (χ1n) is 9.90. The van der Waals surface area contributed by atoms with Crippen LogP contribution >= 0.6 is 0 Å². The quantitative estimate of drug-likeness (QED) is 0.600. The molecule has 0 radical (unpaired) electrons. The molecule has 1 aliphatic carbocycles. The first kappa shape index (κ1) is 19.0. The van der Waals surface area contributed by atoms with Gasteiger partial charge in [0.25, 0.3) is 0 Å². The van der Waals surface area contributed by atoms with Gasteiger partial charge in [0, 0.05) is 18.5 Å². The van der Waals surface area contributed by atoms with Crippen LogP contribution in [0.15, 0.2) is 56.2 Å². The zero-order chi connectivity index (χ0) is 19.6. The van der Waals surface area contributed by atoms with Crippen molar-refractivity contribution in [3.8, 4) is 0 Å². The molecule has 6 heteroatoms. The smallest absolute Gasteiger partial charge is 0.139 e. The maximum absolute atomic E-state index is 9.05. The van der Waals surface area contributed by atoms with Gasteiger partial charge < -0.3 is 18.5 Å². The topological polar surface area (TPSA) is 75.8 Å². The molecular formula is C22H28N2O4. The van der Waals surface area contributed by atoms with Gasteiger partial charge in [0.1, 0.15) is 17.3 Å². The highest BCUT2D eigenvalue weighted by Gasteiger charge is 2.50. The summed E-state index contributed by atoms with van der Waals surface area (Å²) >= 11 is 0. The Bertz CT molecular complexity index is 815. The summed E-state index contributed by atoms with van der Waals surface area (Å²) in [7, 11) is 0. The number of aromatic nitrogens is 1. The second-order valence-corrected chi connectivity index (χ2v) is 8.30. The Balaban J connectivity index is 1.44. The molecule has 3 heterocycles. The molecule has 0 spiro atoms. The van der Waals surface area contributed by atoms with Crippen molar-refractivity contribution in [2.75, 3.05) is 6.61 Å². The highest BCUT2D eigenvalue weighted by molar-refractivity contribution is 5.13. The highest BCUT2D eigenvalue weighted by atomic mass is 16.5. The first-order chi connectivity index (χ1) is 13.6. The number of hydrogen-bond donors (Lipinski definition) is 1. The number of rotatable bonds is 9. The van der Waals surface area contributed by atoms with Crippen molar-refractivity contribution in [3.63, 3.8) is 0 Å². The molecule has 6 nitrogen and oxygen atoms in total. The van der Waals surface area contributed by atoms with E-state index in [1.165, 1.54) is 0 Å². The summed E-state index contributed by atoms with van der Waals surface area (Å²) in [6, 6.07) is 10.3. The van der Waals surface area contributed by atoms with Crippen molar-refractivity contribution in [2.24, 2.45) is 11.3 Å². The van der Waals surface area contributed by atoms with Crippen LogP contribution < -0.4 is 0 Å². The third-order valence-corrected chi connectivity index (χ3v) is 6.16. The standard InChI is InChI=1S/C22H28N2O4/c1-22(2)16(11-17-13-18(7-8-25)28-23-17)12-21(22)24(14-19-5-3-9-26-19)15-20-6-4-10-27-20/h3-6,9-10,13,16,21,25H,7-8,11-12,14-15H2,1-2H3. The fraction of sp³-hybridized carbons (Fsp3) is 0.500. The Hall–Kier alpha value is -2.31.